The standard InChI is InChI=1S/C7H10O3P/c1-11(8,9)10-7-5-3-2-4-6-7/h2-6,8-9H,1H3/q+1. The van der Waals surface area contributed by atoms with Crippen molar-refractivity contribution in [3.05, 3.63) is 30.3 Å². The van der Waals surface area contributed by atoms with Crippen LogP contribution in [0.1, 0.15) is 0 Å². The van der Waals surface area contributed by atoms with E-state index in [0.29, 0.717) is 5.75 Å². The second-order valence-electron chi connectivity index (χ2n) is 2.24. The van der Waals surface area contributed by atoms with E-state index >= 15 is 0 Å². The van der Waals surface area contributed by atoms with Gasteiger partial charge in [0.25, 0.3) is 0 Å². The topological polar surface area (TPSA) is 49.7 Å². The fraction of sp³-hybridized carbons (Fsp3) is 0.143. The molecule has 0 saturated carbocycles. The predicted molar refractivity (Wildman–Crippen MR) is 44.4 cm³/mol. The highest BCUT2D eigenvalue weighted by Gasteiger charge is 2.28. The summed E-state index contributed by atoms with van der Waals surface area (Å²) in [5, 5.41) is 0. The summed E-state index contributed by atoms with van der Waals surface area (Å²) in [5.41, 5.74) is 0. The maximum atomic E-state index is 8.92. The first-order valence-electron chi connectivity index (χ1n) is 3.14. The molecule has 0 spiro atoms. The van der Waals surface area contributed by atoms with Crippen molar-refractivity contribution in [2.75, 3.05) is 6.66 Å². The average Bonchev–Trinajstić information content (AvgIpc) is 1.85. The minimum atomic E-state index is -3.14. The molecule has 0 bridgehead atoms. The van der Waals surface area contributed by atoms with E-state index < -0.39 is 7.94 Å². The summed E-state index contributed by atoms with van der Waals surface area (Å²) >= 11 is 0. The Morgan fingerprint density at radius 2 is 1.73 bits per heavy atom. The second-order valence-corrected chi connectivity index (χ2v) is 4.09. The molecule has 0 heterocycles. The van der Waals surface area contributed by atoms with Crippen molar-refractivity contribution < 1.29 is 14.3 Å². The molecule has 1 rings (SSSR count). The van der Waals surface area contributed by atoms with Gasteiger partial charge in [-0.05, 0) is 12.1 Å². The molecular formula is C7H10O3P+. The van der Waals surface area contributed by atoms with Crippen LogP contribution in [0.15, 0.2) is 30.3 Å². The fourth-order valence-corrected chi connectivity index (χ4v) is 1.20. The normalized spacial score (nSPS) is 11.2. The van der Waals surface area contributed by atoms with E-state index in [2.05, 4.69) is 0 Å². The van der Waals surface area contributed by atoms with Gasteiger partial charge in [0, 0.05) is 0 Å². The van der Waals surface area contributed by atoms with Gasteiger partial charge in [-0.2, -0.15) is 9.79 Å². The quantitative estimate of drug-likeness (QED) is 0.665. The van der Waals surface area contributed by atoms with Gasteiger partial charge in [-0.3, -0.25) is 4.52 Å². The monoisotopic (exact) mass is 173 g/mol. The molecule has 3 nitrogen and oxygen atoms in total. The molecule has 0 amide bonds. The van der Waals surface area contributed by atoms with Gasteiger partial charge in [0.05, 0.1) is 0 Å². The lowest BCUT2D eigenvalue weighted by molar-refractivity contribution is 0.348. The van der Waals surface area contributed by atoms with E-state index in [1.54, 1.807) is 24.3 Å². The van der Waals surface area contributed by atoms with Crippen molar-refractivity contribution >= 4 is 7.94 Å². The first-order chi connectivity index (χ1) is 5.08. The van der Waals surface area contributed by atoms with Gasteiger partial charge in [0.2, 0.25) is 0 Å². The van der Waals surface area contributed by atoms with Crippen LogP contribution in [0.3, 0.4) is 0 Å². The third kappa shape index (κ3) is 3.33. The summed E-state index contributed by atoms with van der Waals surface area (Å²) in [6.45, 7) is 1.26. The second kappa shape index (κ2) is 3.18. The molecule has 0 fully saturated rings. The Balaban J connectivity index is 2.66. The Bertz CT molecular complexity index is 217. The lowest BCUT2D eigenvalue weighted by atomic mass is 10.3. The highest BCUT2D eigenvalue weighted by Crippen LogP contribution is 2.46. The first-order valence-corrected chi connectivity index (χ1v) is 5.20. The van der Waals surface area contributed by atoms with Gasteiger partial charge in [-0.1, -0.05) is 18.2 Å². The molecule has 1 aromatic rings. The van der Waals surface area contributed by atoms with Crippen LogP contribution < -0.4 is 4.52 Å². The molecule has 0 aromatic heterocycles. The molecule has 4 heteroatoms. The maximum absolute atomic E-state index is 8.92. The molecule has 0 atom stereocenters. The maximum Gasteiger partial charge on any atom is 0.448 e. The van der Waals surface area contributed by atoms with Crippen LogP contribution in [-0.4, -0.2) is 16.5 Å². The van der Waals surface area contributed by atoms with Crippen LogP contribution in [0.4, 0.5) is 0 Å². The van der Waals surface area contributed by atoms with Crippen molar-refractivity contribution in [1.29, 1.82) is 0 Å². The molecular weight excluding hydrogens is 163 g/mol. The van der Waals surface area contributed by atoms with Crippen LogP contribution in [0.25, 0.3) is 0 Å². The largest absolute Gasteiger partial charge is 0.448 e. The van der Waals surface area contributed by atoms with E-state index in [9.17, 15) is 0 Å². The summed E-state index contributed by atoms with van der Waals surface area (Å²) in [6, 6.07) is 8.71. The Kier molecular flexibility index (Phi) is 2.45. The van der Waals surface area contributed by atoms with Gasteiger partial charge >= 0.3 is 7.94 Å². The Morgan fingerprint density at radius 1 is 1.18 bits per heavy atom. The number of hydrogen-bond acceptors (Lipinski definition) is 3. The lowest BCUT2D eigenvalue weighted by Gasteiger charge is -2.05. The molecule has 0 aliphatic carbocycles. The van der Waals surface area contributed by atoms with Crippen LogP contribution >= 0.6 is 7.94 Å². The molecule has 0 saturated heterocycles. The summed E-state index contributed by atoms with van der Waals surface area (Å²) < 4.78 is 4.82. The smallest absolute Gasteiger partial charge is 0.287 e. The van der Waals surface area contributed by atoms with Gasteiger partial charge in [0.1, 0.15) is 6.66 Å². The molecule has 60 valence electrons. The van der Waals surface area contributed by atoms with Gasteiger partial charge in [-0.15, -0.1) is 0 Å². The summed E-state index contributed by atoms with van der Waals surface area (Å²) in [7, 11) is -3.14. The van der Waals surface area contributed by atoms with E-state index in [4.69, 9.17) is 14.3 Å². The molecule has 11 heavy (non-hydrogen) atoms. The molecule has 0 aliphatic rings. The summed E-state index contributed by atoms with van der Waals surface area (Å²) in [5.74, 6) is 0.480. The first kappa shape index (κ1) is 8.47. The van der Waals surface area contributed by atoms with Crippen LogP contribution in [0.2, 0.25) is 0 Å². The zero-order valence-corrected chi connectivity index (χ0v) is 7.03. The number of benzene rings is 1. The summed E-state index contributed by atoms with van der Waals surface area (Å²) in [6.07, 6.45) is 0. The molecule has 2 N–H and O–H groups in total. The van der Waals surface area contributed by atoms with E-state index in [1.807, 2.05) is 6.07 Å². The highest BCUT2D eigenvalue weighted by atomic mass is 31.2. The SMILES string of the molecule is C[P+](O)(O)Oc1ccccc1. The van der Waals surface area contributed by atoms with E-state index in [0.717, 1.165) is 0 Å². The minimum Gasteiger partial charge on any atom is -0.287 e. The zero-order chi connectivity index (χ0) is 8.32. The lowest BCUT2D eigenvalue weighted by Crippen LogP contribution is -1.96. The molecule has 0 aliphatic heterocycles. The number of hydrogen-bond donors (Lipinski definition) is 2. The van der Waals surface area contributed by atoms with Crippen LogP contribution in [-0.2, 0) is 0 Å². The third-order valence-corrected chi connectivity index (χ3v) is 1.58. The number of para-hydroxylation sites is 1. The van der Waals surface area contributed by atoms with Gasteiger partial charge in [0.15, 0.2) is 5.75 Å². The zero-order valence-electron chi connectivity index (χ0n) is 6.14. The minimum absolute atomic E-state index is 0.480. The average molecular weight is 173 g/mol. The van der Waals surface area contributed by atoms with Crippen molar-refractivity contribution in [3.63, 3.8) is 0 Å². The van der Waals surface area contributed by atoms with Crippen molar-refractivity contribution in [1.82, 2.24) is 0 Å². The van der Waals surface area contributed by atoms with Crippen LogP contribution in [0, 0.1) is 0 Å². The van der Waals surface area contributed by atoms with Gasteiger partial charge in [-0.25, -0.2) is 0 Å². The van der Waals surface area contributed by atoms with Crippen molar-refractivity contribution in [3.8, 4) is 5.75 Å². The molecule has 1 aromatic carbocycles. The highest BCUT2D eigenvalue weighted by molar-refractivity contribution is 7.59. The fourth-order valence-electron chi connectivity index (χ4n) is 0.681. The van der Waals surface area contributed by atoms with E-state index in [1.165, 1.54) is 6.66 Å². The summed E-state index contributed by atoms with van der Waals surface area (Å²) in [4.78, 5) is 17.8. The Morgan fingerprint density at radius 3 is 2.18 bits per heavy atom. The Labute approximate surface area is 65.8 Å². The number of rotatable bonds is 2. The third-order valence-electron chi connectivity index (χ3n) is 1.02. The molecule has 0 radical (unpaired) electrons. The van der Waals surface area contributed by atoms with Gasteiger partial charge < -0.3 is 0 Å². The predicted octanol–water partition coefficient (Wildman–Crippen LogP) is 1.44. The molecule has 0 unspecified atom stereocenters. The van der Waals surface area contributed by atoms with Crippen molar-refractivity contribution in [2.45, 2.75) is 0 Å². The Hall–Kier alpha value is -0.630. The van der Waals surface area contributed by atoms with E-state index in [-0.39, 0.29) is 0 Å². The van der Waals surface area contributed by atoms with Crippen molar-refractivity contribution in [2.24, 2.45) is 0 Å². The van der Waals surface area contributed by atoms with Crippen LogP contribution in [0.5, 0.6) is 5.75 Å².